The van der Waals surface area contributed by atoms with Gasteiger partial charge in [-0.15, -0.1) is 0 Å². The van der Waals surface area contributed by atoms with Crippen LogP contribution in [0.15, 0.2) is 0 Å². The fourth-order valence-corrected chi connectivity index (χ4v) is 2.30. The van der Waals surface area contributed by atoms with Crippen LogP contribution in [0.2, 0.25) is 0 Å². The highest BCUT2D eigenvalue weighted by atomic mass is 15.2. The second-order valence-corrected chi connectivity index (χ2v) is 4.35. The van der Waals surface area contributed by atoms with Crippen molar-refractivity contribution in [2.24, 2.45) is 0 Å². The molecule has 3 nitrogen and oxygen atoms in total. The minimum absolute atomic E-state index is 0.451. The normalized spacial score (nSPS) is 31.0. The van der Waals surface area contributed by atoms with Gasteiger partial charge in [-0.1, -0.05) is 6.92 Å². The lowest BCUT2D eigenvalue weighted by molar-refractivity contribution is 0.121. The van der Waals surface area contributed by atoms with Crippen LogP contribution in [0.3, 0.4) is 0 Å². The van der Waals surface area contributed by atoms with E-state index in [-0.39, 0.29) is 0 Å². The van der Waals surface area contributed by atoms with Gasteiger partial charge in [0.1, 0.15) is 0 Å². The van der Waals surface area contributed by atoms with Crippen LogP contribution in [0.5, 0.6) is 0 Å². The van der Waals surface area contributed by atoms with Crippen molar-refractivity contribution in [3.63, 3.8) is 0 Å². The van der Waals surface area contributed by atoms with Crippen LogP contribution in [0.1, 0.15) is 33.6 Å². The highest BCUT2D eigenvalue weighted by molar-refractivity contribution is 4.88. The third kappa shape index (κ3) is 2.97. The molecule has 1 heterocycles. The molecule has 0 spiro atoms. The minimum Gasteiger partial charge on any atom is -0.309 e. The number of hydrogen-bond acceptors (Lipinski definition) is 3. The van der Waals surface area contributed by atoms with Crippen molar-refractivity contribution >= 4 is 0 Å². The topological polar surface area (TPSA) is 39.1 Å². The van der Waals surface area contributed by atoms with E-state index in [9.17, 15) is 0 Å². The van der Waals surface area contributed by atoms with Crippen molar-refractivity contribution in [3.05, 3.63) is 0 Å². The molecule has 14 heavy (non-hydrogen) atoms. The molecule has 3 unspecified atom stereocenters. The lowest BCUT2D eigenvalue weighted by Crippen LogP contribution is -2.56. The average molecular weight is 195 g/mol. The Morgan fingerprint density at radius 1 is 1.43 bits per heavy atom. The molecule has 1 aliphatic rings. The molecule has 1 saturated heterocycles. The number of hydrogen-bond donors (Lipinski definition) is 1. The molecular formula is C11H21N3. The van der Waals surface area contributed by atoms with Crippen LogP contribution in [0.25, 0.3) is 0 Å². The van der Waals surface area contributed by atoms with Crippen molar-refractivity contribution in [2.75, 3.05) is 13.1 Å². The van der Waals surface area contributed by atoms with Gasteiger partial charge in [0.2, 0.25) is 0 Å². The summed E-state index contributed by atoms with van der Waals surface area (Å²) in [5.41, 5.74) is 0. The van der Waals surface area contributed by atoms with Gasteiger partial charge in [0.05, 0.1) is 12.5 Å². The first-order chi connectivity index (χ1) is 6.67. The number of nitriles is 1. The maximum absolute atomic E-state index is 8.74. The van der Waals surface area contributed by atoms with Crippen LogP contribution in [-0.4, -0.2) is 36.1 Å². The van der Waals surface area contributed by atoms with Crippen molar-refractivity contribution in [1.82, 2.24) is 10.2 Å². The fourth-order valence-electron chi connectivity index (χ4n) is 2.30. The lowest BCUT2D eigenvalue weighted by Gasteiger charge is -2.40. The van der Waals surface area contributed by atoms with Gasteiger partial charge in [-0.3, -0.25) is 4.90 Å². The van der Waals surface area contributed by atoms with Gasteiger partial charge < -0.3 is 5.32 Å². The van der Waals surface area contributed by atoms with Crippen molar-refractivity contribution in [2.45, 2.75) is 51.7 Å². The zero-order valence-corrected chi connectivity index (χ0v) is 9.45. The Kier molecular flexibility index (Phi) is 4.37. The van der Waals surface area contributed by atoms with Crippen LogP contribution in [-0.2, 0) is 0 Å². The Balaban J connectivity index is 2.52. The molecule has 0 saturated carbocycles. The van der Waals surface area contributed by atoms with Gasteiger partial charge in [0.25, 0.3) is 0 Å². The molecule has 0 aliphatic carbocycles. The standard InChI is InChI=1S/C11H21N3/c1-4-11(5-6-12)14-7-9(2)13-10(3)8-14/h9-11,13H,4-5,7-8H2,1-3H3. The number of rotatable bonds is 3. The molecule has 1 fully saturated rings. The molecule has 1 rings (SSSR count). The second kappa shape index (κ2) is 5.33. The quantitative estimate of drug-likeness (QED) is 0.739. The van der Waals surface area contributed by atoms with Gasteiger partial charge in [-0.05, 0) is 20.3 Å². The zero-order chi connectivity index (χ0) is 10.6. The van der Waals surface area contributed by atoms with E-state index in [1.54, 1.807) is 0 Å². The molecule has 0 bridgehead atoms. The number of nitrogens with zero attached hydrogens (tertiary/aromatic N) is 2. The third-order valence-corrected chi connectivity index (χ3v) is 2.90. The van der Waals surface area contributed by atoms with E-state index in [4.69, 9.17) is 5.26 Å². The molecule has 3 heteroatoms. The minimum atomic E-state index is 0.451. The first-order valence-corrected chi connectivity index (χ1v) is 5.54. The van der Waals surface area contributed by atoms with E-state index in [2.05, 4.69) is 37.1 Å². The smallest absolute Gasteiger partial charge is 0.0638 e. The molecule has 80 valence electrons. The van der Waals surface area contributed by atoms with Gasteiger partial charge in [0, 0.05) is 31.2 Å². The summed E-state index contributed by atoms with van der Waals surface area (Å²) in [5.74, 6) is 0. The van der Waals surface area contributed by atoms with Gasteiger partial charge in [-0.25, -0.2) is 0 Å². The largest absolute Gasteiger partial charge is 0.309 e. The van der Waals surface area contributed by atoms with Crippen LogP contribution in [0, 0.1) is 11.3 Å². The Labute approximate surface area is 87.1 Å². The maximum Gasteiger partial charge on any atom is 0.0638 e. The van der Waals surface area contributed by atoms with Gasteiger partial charge in [0.15, 0.2) is 0 Å². The first-order valence-electron chi connectivity index (χ1n) is 5.54. The van der Waals surface area contributed by atoms with Crippen LogP contribution < -0.4 is 5.32 Å². The van der Waals surface area contributed by atoms with Crippen LogP contribution >= 0.6 is 0 Å². The SMILES string of the molecule is CCC(CC#N)N1CC(C)NC(C)C1. The Bertz CT molecular complexity index is 199. The molecule has 0 aromatic heterocycles. The molecule has 0 amide bonds. The van der Waals surface area contributed by atoms with Crippen molar-refractivity contribution < 1.29 is 0 Å². The fraction of sp³-hybridized carbons (Fsp3) is 0.909. The van der Waals surface area contributed by atoms with Gasteiger partial charge in [-0.2, -0.15) is 5.26 Å². The summed E-state index contributed by atoms with van der Waals surface area (Å²) in [7, 11) is 0. The molecule has 1 N–H and O–H groups in total. The predicted molar refractivity (Wildman–Crippen MR) is 57.9 cm³/mol. The summed E-state index contributed by atoms with van der Waals surface area (Å²) < 4.78 is 0. The number of nitrogens with one attached hydrogen (secondary N) is 1. The molecule has 3 atom stereocenters. The van der Waals surface area contributed by atoms with E-state index in [1.165, 1.54) is 0 Å². The van der Waals surface area contributed by atoms with E-state index < -0.39 is 0 Å². The highest BCUT2D eigenvalue weighted by Crippen LogP contribution is 2.13. The van der Waals surface area contributed by atoms with E-state index >= 15 is 0 Å². The summed E-state index contributed by atoms with van der Waals surface area (Å²) in [6.07, 6.45) is 1.74. The Hall–Kier alpha value is -0.590. The number of piperazine rings is 1. The highest BCUT2D eigenvalue weighted by Gasteiger charge is 2.25. The van der Waals surface area contributed by atoms with E-state index in [0.29, 0.717) is 24.5 Å². The predicted octanol–water partition coefficient (Wildman–Crippen LogP) is 1.36. The molecule has 0 aromatic rings. The van der Waals surface area contributed by atoms with Gasteiger partial charge >= 0.3 is 0 Å². The summed E-state index contributed by atoms with van der Waals surface area (Å²) >= 11 is 0. The van der Waals surface area contributed by atoms with Crippen molar-refractivity contribution in [3.8, 4) is 6.07 Å². The first kappa shape index (κ1) is 11.5. The second-order valence-electron chi connectivity index (χ2n) is 4.35. The average Bonchev–Trinajstić information content (AvgIpc) is 2.12. The maximum atomic E-state index is 8.74. The lowest BCUT2D eigenvalue weighted by atomic mass is 10.1. The summed E-state index contributed by atoms with van der Waals surface area (Å²) in [5, 5.41) is 12.2. The Morgan fingerprint density at radius 2 is 2.00 bits per heavy atom. The molecular weight excluding hydrogens is 174 g/mol. The molecule has 0 radical (unpaired) electrons. The molecule has 0 aromatic carbocycles. The Morgan fingerprint density at radius 3 is 2.43 bits per heavy atom. The zero-order valence-electron chi connectivity index (χ0n) is 9.45. The van der Waals surface area contributed by atoms with Crippen molar-refractivity contribution in [1.29, 1.82) is 5.26 Å². The molecule has 1 aliphatic heterocycles. The third-order valence-electron chi connectivity index (χ3n) is 2.90. The van der Waals surface area contributed by atoms with E-state index in [1.807, 2.05) is 0 Å². The summed E-state index contributed by atoms with van der Waals surface area (Å²) in [4.78, 5) is 2.45. The monoisotopic (exact) mass is 195 g/mol. The summed E-state index contributed by atoms with van der Waals surface area (Å²) in [6, 6.07) is 3.83. The van der Waals surface area contributed by atoms with Crippen LogP contribution in [0.4, 0.5) is 0 Å². The summed E-state index contributed by atoms with van der Waals surface area (Å²) in [6.45, 7) is 8.73. The van der Waals surface area contributed by atoms with E-state index in [0.717, 1.165) is 19.5 Å².